The Kier molecular flexibility index (Phi) is 7.75. The summed E-state index contributed by atoms with van der Waals surface area (Å²) in [6.45, 7) is 5.73. The maximum absolute atomic E-state index is 13.7. The second-order valence-corrected chi connectivity index (χ2v) is 9.33. The number of hydrogen-bond acceptors (Lipinski definition) is 6. The number of aryl methyl sites for hydroxylation is 1. The van der Waals surface area contributed by atoms with Gasteiger partial charge in [0.25, 0.3) is 5.91 Å². The first kappa shape index (κ1) is 24.3. The van der Waals surface area contributed by atoms with E-state index in [1.54, 1.807) is 24.3 Å². The first-order valence-electron chi connectivity index (χ1n) is 10.5. The van der Waals surface area contributed by atoms with Gasteiger partial charge >= 0.3 is 0 Å². The lowest BCUT2D eigenvalue weighted by Gasteiger charge is -2.18. The molecule has 1 amide bonds. The quantitative estimate of drug-likeness (QED) is 0.435. The highest BCUT2D eigenvalue weighted by atomic mass is 32.2. The fraction of sp³-hybridized carbons (Fsp3) is 0.292. The number of hydrogen-bond donors (Lipinski definition) is 1. The number of carbonyl (C=O) groups is 1. The lowest BCUT2D eigenvalue weighted by atomic mass is 10.2. The molecule has 0 saturated heterocycles. The van der Waals surface area contributed by atoms with Crippen molar-refractivity contribution in [2.24, 2.45) is 0 Å². The standard InChI is InChI=1S/C24H26FNO6S/c1-4-30-20-11-8-17(14-22(20)31-5-2)24(27)26-15-23(21-7-6-12-32-21)33(28,29)18-9-10-19(25)16(3)13-18/h6-14,23H,4-5,15H2,1-3H3,(H,26,27). The van der Waals surface area contributed by atoms with Crippen LogP contribution in [0.5, 0.6) is 11.5 Å². The van der Waals surface area contributed by atoms with Crippen molar-refractivity contribution in [2.45, 2.75) is 30.9 Å². The molecule has 0 aliphatic heterocycles. The topological polar surface area (TPSA) is 94.8 Å². The first-order valence-corrected chi connectivity index (χ1v) is 12.0. The fourth-order valence-corrected chi connectivity index (χ4v) is 4.95. The van der Waals surface area contributed by atoms with Crippen molar-refractivity contribution in [1.82, 2.24) is 5.32 Å². The van der Waals surface area contributed by atoms with Gasteiger partial charge in [-0.25, -0.2) is 12.8 Å². The van der Waals surface area contributed by atoms with Crippen LogP contribution in [-0.4, -0.2) is 34.1 Å². The molecule has 176 valence electrons. The monoisotopic (exact) mass is 475 g/mol. The minimum absolute atomic E-state index is 0.0586. The van der Waals surface area contributed by atoms with E-state index in [0.717, 1.165) is 6.07 Å². The summed E-state index contributed by atoms with van der Waals surface area (Å²) < 4.78 is 56.7. The lowest BCUT2D eigenvalue weighted by molar-refractivity contribution is 0.0952. The Hall–Kier alpha value is -3.33. The Morgan fingerprint density at radius 2 is 1.79 bits per heavy atom. The molecular formula is C24H26FNO6S. The van der Waals surface area contributed by atoms with Crippen molar-refractivity contribution < 1.29 is 31.5 Å². The Morgan fingerprint density at radius 3 is 2.42 bits per heavy atom. The van der Waals surface area contributed by atoms with Crippen LogP contribution in [0.2, 0.25) is 0 Å². The van der Waals surface area contributed by atoms with Crippen molar-refractivity contribution in [3.8, 4) is 11.5 Å². The Labute approximate surface area is 192 Å². The molecule has 9 heteroatoms. The normalized spacial score (nSPS) is 12.2. The molecule has 7 nitrogen and oxygen atoms in total. The summed E-state index contributed by atoms with van der Waals surface area (Å²) in [5.41, 5.74) is 0.492. The molecule has 0 aliphatic rings. The molecule has 1 heterocycles. The third-order valence-electron chi connectivity index (χ3n) is 4.95. The van der Waals surface area contributed by atoms with E-state index in [9.17, 15) is 17.6 Å². The highest BCUT2D eigenvalue weighted by Crippen LogP contribution is 2.31. The number of amides is 1. The van der Waals surface area contributed by atoms with Crippen LogP contribution in [0.1, 0.15) is 40.8 Å². The number of nitrogens with one attached hydrogen (secondary N) is 1. The van der Waals surface area contributed by atoms with Crippen LogP contribution in [0.3, 0.4) is 0 Å². The SMILES string of the molecule is CCOc1ccc(C(=O)NCC(c2ccco2)S(=O)(=O)c2ccc(F)c(C)c2)cc1OCC. The van der Waals surface area contributed by atoms with Crippen LogP contribution in [0.25, 0.3) is 0 Å². The zero-order chi connectivity index (χ0) is 24.0. The molecule has 0 spiro atoms. The molecule has 3 rings (SSSR count). The van der Waals surface area contributed by atoms with Gasteiger partial charge in [0, 0.05) is 12.1 Å². The van der Waals surface area contributed by atoms with Crippen molar-refractivity contribution in [1.29, 1.82) is 0 Å². The summed E-state index contributed by atoms with van der Waals surface area (Å²) in [7, 11) is -3.99. The van der Waals surface area contributed by atoms with Gasteiger partial charge < -0.3 is 19.2 Å². The maximum atomic E-state index is 13.7. The summed E-state index contributed by atoms with van der Waals surface area (Å²) in [6.07, 6.45) is 1.36. The summed E-state index contributed by atoms with van der Waals surface area (Å²) in [5, 5.41) is 1.46. The van der Waals surface area contributed by atoms with E-state index < -0.39 is 26.8 Å². The molecule has 33 heavy (non-hydrogen) atoms. The van der Waals surface area contributed by atoms with E-state index in [4.69, 9.17) is 13.9 Å². The molecular weight excluding hydrogens is 449 g/mol. The molecule has 1 aromatic heterocycles. The third-order valence-corrected chi connectivity index (χ3v) is 7.01. The number of sulfone groups is 1. The number of halogens is 1. The molecule has 0 bridgehead atoms. The number of carbonyl (C=O) groups excluding carboxylic acids is 1. The van der Waals surface area contributed by atoms with Crippen LogP contribution in [-0.2, 0) is 9.84 Å². The van der Waals surface area contributed by atoms with Gasteiger partial charge in [-0.2, -0.15) is 0 Å². The van der Waals surface area contributed by atoms with E-state index in [0.29, 0.717) is 24.7 Å². The van der Waals surface area contributed by atoms with Gasteiger partial charge in [-0.15, -0.1) is 0 Å². The minimum Gasteiger partial charge on any atom is -0.490 e. The van der Waals surface area contributed by atoms with Gasteiger partial charge in [0.15, 0.2) is 21.3 Å². The minimum atomic E-state index is -3.99. The van der Waals surface area contributed by atoms with Crippen LogP contribution < -0.4 is 14.8 Å². The zero-order valence-corrected chi connectivity index (χ0v) is 19.4. The highest BCUT2D eigenvalue weighted by molar-refractivity contribution is 7.91. The predicted octanol–water partition coefficient (Wildman–Crippen LogP) is 4.47. The molecule has 0 fully saturated rings. The van der Waals surface area contributed by atoms with Gasteiger partial charge in [-0.1, -0.05) is 0 Å². The summed E-state index contributed by atoms with van der Waals surface area (Å²) >= 11 is 0. The van der Waals surface area contributed by atoms with E-state index in [-0.39, 0.29) is 28.3 Å². The Bertz CT molecular complexity index is 1210. The lowest BCUT2D eigenvalue weighted by Crippen LogP contribution is -2.31. The maximum Gasteiger partial charge on any atom is 0.251 e. The number of benzene rings is 2. The Balaban J connectivity index is 1.86. The van der Waals surface area contributed by atoms with Crippen molar-refractivity contribution in [3.05, 3.63) is 77.5 Å². The van der Waals surface area contributed by atoms with Gasteiger partial charge in [-0.05, 0) is 74.9 Å². The van der Waals surface area contributed by atoms with Crippen molar-refractivity contribution in [2.75, 3.05) is 19.8 Å². The van der Waals surface area contributed by atoms with Gasteiger partial charge in [0.1, 0.15) is 16.8 Å². The Morgan fingerprint density at radius 1 is 1.06 bits per heavy atom. The number of rotatable bonds is 10. The molecule has 1 unspecified atom stereocenters. The first-order chi connectivity index (χ1) is 15.8. The second kappa shape index (κ2) is 10.5. The van der Waals surface area contributed by atoms with Gasteiger partial charge in [0.05, 0.1) is 24.4 Å². The van der Waals surface area contributed by atoms with Crippen LogP contribution in [0.15, 0.2) is 64.1 Å². The predicted molar refractivity (Wildman–Crippen MR) is 121 cm³/mol. The third kappa shape index (κ3) is 5.54. The van der Waals surface area contributed by atoms with Crippen LogP contribution >= 0.6 is 0 Å². The molecule has 0 radical (unpaired) electrons. The van der Waals surface area contributed by atoms with E-state index in [1.165, 1.54) is 31.4 Å². The smallest absolute Gasteiger partial charge is 0.251 e. The van der Waals surface area contributed by atoms with E-state index >= 15 is 0 Å². The molecule has 3 aromatic rings. The molecule has 2 aromatic carbocycles. The molecule has 1 atom stereocenters. The molecule has 0 aliphatic carbocycles. The summed E-state index contributed by atoms with van der Waals surface area (Å²) in [4.78, 5) is 12.8. The average Bonchev–Trinajstić information content (AvgIpc) is 3.31. The van der Waals surface area contributed by atoms with Crippen molar-refractivity contribution in [3.63, 3.8) is 0 Å². The summed E-state index contributed by atoms with van der Waals surface area (Å²) in [6, 6.07) is 11.4. The van der Waals surface area contributed by atoms with Crippen LogP contribution in [0, 0.1) is 12.7 Å². The zero-order valence-electron chi connectivity index (χ0n) is 18.6. The molecule has 1 N–H and O–H groups in total. The number of furan rings is 1. The van der Waals surface area contributed by atoms with Gasteiger partial charge in [0.2, 0.25) is 0 Å². The largest absolute Gasteiger partial charge is 0.490 e. The van der Waals surface area contributed by atoms with Crippen LogP contribution in [0.4, 0.5) is 4.39 Å². The molecule has 0 saturated carbocycles. The van der Waals surface area contributed by atoms with Gasteiger partial charge in [-0.3, -0.25) is 4.79 Å². The van der Waals surface area contributed by atoms with E-state index in [2.05, 4.69) is 5.32 Å². The highest BCUT2D eigenvalue weighted by Gasteiger charge is 2.32. The summed E-state index contributed by atoms with van der Waals surface area (Å²) in [5.74, 6) is 0.111. The average molecular weight is 476 g/mol. The van der Waals surface area contributed by atoms with Crippen molar-refractivity contribution >= 4 is 15.7 Å². The van der Waals surface area contributed by atoms with E-state index in [1.807, 2.05) is 13.8 Å². The fourth-order valence-electron chi connectivity index (χ4n) is 3.28. The number of ether oxygens (including phenoxy) is 2. The second-order valence-electron chi connectivity index (χ2n) is 7.20.